The van der Waals surface area contributed by atoms with E-state index >= 15 is 0 Å². The molecule has 0 radical (unpaired) electrons. The van der Waals surface area contributed by atoms with Crippen LogP contribution in [-0.4, -0.2) is 29.5 Å². The van der Waals surface area contributed by atoms with Crippen molar-refractivity contribution in [3.05, 3.63) is 53.2 Å². The van der Waals surface area contributed by atoms with Crippen molar-refractivity contribution in [1.29, 1.82) is 0 Å². The molecule has 0 fully saturated rings. The maximum atomic E-state index is 5.86. The zero-order valence-corrected chi connectivity index (χ0v) is 15.1. The maximum Gasteiger partial charge on any atom is 0.213 e. The number of pyridine rings is 1. The number of aromatic nitrogens is 1. The lowest BCUT2D eigenvalue weighted by Crippen LogP contribution is -2.30. The van der Waals surface area contributed by atoms with Crippen LogP contribution in [0.4, 0.5) is 5.69 Å². The van der Waals surface area contributed by atoms with E-state index in [4.69, 9.17) is 28.6 Å². The lowest BCUT2D eigenvalue weighted by Gasteiger charge is -2.10. The fourth-order valence-electron chi connectivity index (χ4n) is 1.76. The molecule has 0 unspecified atom stereocenters. The number of ether oxygens (including phenoxy) is 1. The second-order valence-electron chi connectivity index (χ2n) is 4.65. The molecule has 0 aliphatic carbocycles. The summed E-state index contributed by atoms with van der Waals surface area (Å²) in [6, 6.07) is 11.6. The zero-order valence-electron chi connectivity index (χ0n) is 12.7. The summed E-state index contributed by atoms with van der Waals surface area (Å²) in [5.74, 6) is 2.50. The molecule has 0 aliphatic heterocycles. The van der Waals surface area contributed by atoms with Gasteiger partial charge in [-0.15, -0.1) is 0 Å². The molecule has 122 valence electrons. The fraction of sp³-hybridized carbons (Fsp3) is 0.250. The lowest BCUT2D eigenvalue weighted by molar-refractivity contribution is 0.398. The highest BCUT2D eigenvalue weighted by molar-refractivity contribution is 7.98. The van der Waals surface area contributed by atoms with Crippen molar-refractivity contribution in [2.24, 2.45) is 0 Å². The lowest BCUT2D eigenvalue weighted by atomic mass is 10.2. The molecular formula is C16H18ClN3OS2. The quantitative estimate of drug-likeness (QED) is 0.570. The molecule has 23 heavy (non-hydrogen) atoms. The summed E-state index contributed by atoms with van der Waals surface area (Å²) >= 11 is 13.0. The number of thiocarbonyl (C=S) groups is 1. The van der Waals surface area contributed by atoms with E-state index in [0.717, 1.165) is 28.8 Å². The minimum atomic E-state index is 0.577. The van der Waals surface area contributed by atoms with Crippen molar-refractivity contribution in [3.63, 3.8) is 0 Å². The number of rotatable bonds is 7. The highest BCUT2D eigenvalue weighted by atomic mass is 35.5. The van der Waals surface area contributed by atoms with Crippen LogP contribution in [0.15, 0.2) is 42.6 Å². The molecule has 1 aromatic carbocycles. The number of nitrogens with one attached hydrogen (secondary N) is 2. The first-order valence-corrected chi connectivity index (χ1v) is 8.98. The molecule has 2 N–H and O–H groups in total. The molecule has 1 aromatic heterocycles. The van der Waals surface area contributed by atoms with Crippen molar-refractivity contribution >= 4 is 46.4 Å². The van der Waals surface area contributed by atoms with E-state index in [9.17, 15) is 0 Å². The first kappa shape index (κ1) is 17.8. The molecule has 1 heterocycles. The molecule has 2 aromatic rings. The number of methoxy groups -OCH3 is 1. The minimum Gasteiger partial charge on any atom is -0.481 e. The Balaban J connectivity index is 1.61. The predicted molar refractivity (Wildman–Crippen MR) is 103 cm³/mol. The summed E-state index contributed by atoms with van der Waals surface area (Å²) in [7, 11) is 1.59. The van der Waals surface area contributed by atoms with Crippen LogP contribution in [0, 0.1) is 0 Å². The predicted octanol–water partition coefficient (Wildman–Crippen LogP) is 3.96. The van der Waals surface area contributed by atoms with Crippen molar-refractivity contribution in [3.8, 4) is 5.88 Å². The SMILES string of the molecule is COc1ccc(NC(=S)NCCSCc2ccc(Cl)cc2)cn1. The van der Waals surface area contributed by atoms with Gasteiger partial charge in [0.2, 0.25) is 5.88 Å². The monoisotopic (exact) mass is 367 g/mol. The molecule has 0 aliphatic rings. The van der Waals surface area contributed by atoms with Gasteiger partial charge >= 0.3 is 0 Å². The van der Waals surface area contributed by atoms with Crippen LogP contribution in [0.2, 0.25) is 5.02 Å². The molecule has 4 nitrogen and oxygen atoms in total. The van der Waals surface area contributed by atoms with Crippen molar-refractivity contribution in [1.82, 2.24) is 10.3 Å². The van der Waals surface area contributed by atoms with Crippen LogP contribution in [-0.2, 0) is 5.75 Å². The summed E-state index contributed by atoms with van der Waals surface area (Å²) < 4.78 is 5.01. The average Bonchev–Trinajstić information content (AvgIpc) is 2.57. The van der Waals surface area contributed by atoms with Gasteiger partial charge in [0.05, 0.1) is 19.0 Å². The minimum absolute atomic E-state index is 0.577. The number of hydrogen-bond donors (Lipinski definition) is 2. The van der Waals surface area contributed by atoms with Gasteiger partial charge in [-0.05, 0) is 36.0 Å². The number of benzene rings is 1. The summed E-state index contributed by atoms with van der Waals surface area (Å²) in [5.41, 5.74) is 2.10. The molecule has 2 rings (SSSR count). The van der Waals surface area contributed by atoms with Gasteiger partial charge in [0.15, 0.2) is 5.11 Å². The summed E-state index contributed by atoms with van der Waals surface area (Å²) in [5, 5.41) is 7.62. The Morgan fingerprint density at radius 3 is 2.70 bits per heavy atom. The molecule has 0 atom stereocenters. The third-order valence-electron chi connectivity index (χ3n) is 2.92. The van der Waals surface area contributed by atoms with E-state index in [1.807, 2.05) is 42.1 Å². The number of hydrogen-bond acceptors (Lipinski definition) is 4. The van der Waals surface area contributed by atoms with Gasteiger partial charge in [0, 0.05) is 29.1 Å². The molecule has 0 spiro atoms. The normalized spacial score (nSPS) is 10.2. The smallest absolute Gasteiger partial charge is 0.213 e. The number of nitrogens with zero attached hydrogens (tertiary/aromatic N) is 1. The Labute approximate surface area is 151 Å². The Hall–Kier alpha value is -1.50. The second kappa shape index (κ2) is 9.60. The van der Waals surface area contributed by atoms with E-state index in [1.165, 1.54) is 5.56 Å². The highest BCUT2D eigenvalue weighted by Gasteiger charge is 1.99. The van der Waals surface area contributed by atoms with Crippen molar-refractivity contribution in [2.75, 3.05) is 24.7 Å². The van der Waals surface area contributed by atoms with Gasteiger partial charge in [-0.3, -0.25) is 0 Å². The number of anilines is 1. The van der Waals surface area contributed by atoms with E-state index in [-0.39, 0.29) is 0 Å². The summed E-state index contributed by atoms with van der Waals surface area (Å²) in [6.07, 6.45) is 1.68. The highest BCUT2D eigenvalue weighted by Crippen LogP contribution is 2.15. The molecule has 0 saturated heterocycles. The third-order valence-corrected chi connectivity index (χ3v) is 4.45. The Bertz CT molecular complexity index is 620. The molecule has 0 bridgehead atoms. The maximum absolute atomic E-state index is 5.86. The van der Waals surface area contributed by atoms with E-state index in [2.05, 4.69) is 15.6 Å². The van der Waals surface area contributed by atoms with E-state index in [1.54, 1.807) is 19.4 Å². The molecule has 0 saturated carbocycles. The van der Waals surface area contributed by atoms with E-state index in [0.29, 0.717) is 11.0 Å². The van der Waals surface area contributed by atoms with Crippen molar-refractivity contribution in [2.45, 2.75) is 5.75 Å². The van der Waals surface area contributed by atoms with Crippen molar-refractivity contribution < 1.29 is 4.74 Å². The third kappa shape index (κ3) is 6.64. The topological polar surface area (TPSA) is 46.2 Å². The second-order valence-corrected chi connectivity index (χ2v) is 6.60. The Morgan fingerprint density at radius 2 is 2.04 bits per heavy atom. The number of thioether (sulfide) groups is 1. The largest absolute Gasteiger partial charge is 0.481 e. The van der Waals surface area contributed by atoms with Gasteiger partial charge in [0.1, 0.15) is 0 Å². The van der Waals surface area contributed by atoms with Gasteiger partial charge < -0.3 is 15.4 Å². The summed E-state index contributed by atoms with van der Waals surface area (Å²) in [6.45, 7) is 0.799. The molecule has 7 heteroatoms. The molecular weight excluding hydrogens is 350 g/mol. The van der Waals surface area contributed by atoms with Gasteiger partial charge in [0.25, 0.3) is 0 Å². The first-order chi connectivity index (χ1) is 11.2. The standard InChI is InChI=1S/C16H18ClN3OS2/c1-21-15-7-6-14(10-19-15)20-16(22)18-8-9-23-11-12-2-4-13(17)5-3-12/h2-7,10H,8-9,11H2,1H3,(H2,18,20,22). The van der Waals surface area contributed by atoms with Crippen LogP contribution in [0.5, 0.6) is 5.88 Å². The van der Waals surface area contributed by atoms with Crippen LogP contribution in [0.25, 0.3) is 0 Å². The van der Waals surface area contributed by atoms with Gasteiger partial charge in [-0.1, -0.05) is 23.7 Å². The van der Waals surface area contributed by atoms with Crippen LogP contribution in [0.3, 0.4) is 0 Å². The number of halogens is 1. The molecule has 0 amide bonds. The Kier molecular flexibility index (Phi) is 7.45. The van der Waals surface area contributed by atoms with E-state index < -0.39 is 0 Å². The average molecular weight is 368 g/mol. The van der Waals surface area contributed by atoms with Crippen LogP contribution < -0.4 is 15.4 Å². The Morgan fingerprint density at radius 1 is 1.26 bits per heavy atom. The van der Waals surface area contributed by atoms with Crippen LogP contribution in [0.1, 0.15) is 5.56 Å². The summed E-state index contributed by atoms with van der Waals surface area (Å²) in [4.78, 5) is 4.11. The first-order valence-electron chi connectivity index (χ1n) is 7.04. The van der Waals surface area contributed by atoms with Crippen LogP contribution >= 0.6 is 35.6 Å². The van der Waals surface area contributed by atoms with Gasteiger partial charge in [-0.25, -0.2) is 4.98 Å². The fourth-order valence-corrected chi connectivity index (χ4v) is 2.92. The van der Waals surface area contributed by atoms with Gasteiger partial charge in [-0.2, -0.15) is 11.8 Å². The zero-order chi connectivity index (χ0) is 16.5.